The van der Waals surface area contributed by atoms with Crippen LogP contribution in [0.5, 0.6) is 0 Å². The lowest BCUT2D eigenvalue weighted by Crippen LogP contribution is -2.57. The minimum Gasteiger partial charge on any atom is -0.396 e. The first-order valence-electron chi connectivity index (χ1n) is 6.31. The molecule has 3 unspecified atom stereocenters. The van der Waals surface area contributed by atoms with Crippen LogP contribution in [0, 0.1) is 5.92 Å². The van der Waals surface area contributed by atoms with E-state index >= 15 is 0 Å². The summed E-state index contributed by atoms with van der Waals surface area (Å²) in [5.41, 5.74) is 5.64. The molecule has 96 valence electrons. The van der Waals surface area contributed by atoms with Gasteiger partial charge in [0.15, 0.2) is 0 Å². The first kappa shape index (κ1) is 13.9. The Kier molecular flexibility index (Phi) is 5.69. The monoisotopic (exact) mass is 230 g/mol. The second kappa shape index (κ2) is 6.55. The maximum absolute atomic E-state index is 9.28. The number of nitrogens with one attached hydrogen (secondary N) is 1. The smallest absolute Gasteiger partial charge is 0.0657 e. The van der Waals surface area contributed by atoms with Gasteiger partial charge < -0.3 is 20.9 Å². The fourth-order valence-electron chi connectivity index (χ4n) is 2.38. The third kappa shape index (κ3) is 3.70. The molecule has 0 aromatic rings. The van der Waals surface area contributed by atoms with Crippen LogP contribution in [0.15, 0.2) is 0 Å². The molecule has 4 N–H and O–H groups in total. The van der Waals surface area contributed by atoms with Gasteiger partial charge in [-0.05, 0) is 32.6 Å². The minimum absolute atomic E-state index is 0.168. The van der Waals surface area contributed by atoms with Crippen LogP contribution < -0.4 is 11.1 Å². The molecular weight excluding hydrogens is 204 g/mol. The van der Waals surface area contributed by atoms with Gasteiger partial charge in [-0.1, -0.05) is 6.42 Å². The topological polar surface area (TPSA) is 67.5 Å². The lowest BCUT2D eigenvalue weighted by molar-refractivity contribution is 0.0742. The van der Waals surface area contributed by atoms with Crippen LogP contribution in [-0.2, 0) is 4.74 Å². The molecular formula is C12H26N2O2. The van der Waals surface area contributed by atoms with Gasteiger partial charge in [-0.15, -0.1) is 0 Å². The molecule has 0 aromatic heterocycles. The molecule has 0 bridgehead atoms. The molecule has 1 aliphatic carbocycles. The molecule has 0 heterocycles. The van der Waals surface area contributed by atoms with Gasteiger partial charge in [-0.25, -0.2) is 0 Å². The van der Waals surface area contributed by atoms with Crippen molar-refractivity contribution in [1.82, 2.24) is 5.32 Å². The van der Waals surface area contributed by atoms with E-state index < -0.39 is 0 Å². The fraction of sp³-hybridized carbons (Fsp3) is 1.00. The summed E-state index contributed by atoms with van der Waals surface area (Å²) < 4.78 is 5.46. The van der Waals surface area contributed by atoms with E-state index in [0.717, 1.165) is 12.8 Å². The lowest BCUT2D eigenvalue weighted by atomic mass is 9.98. The number of ether oxygens (including phenoxy) is 1. The van der Waals surface area contributed by atoms with Gasteiger partial charge in [0, 0.05) is 25.8 Å². The summed E-state index contributed by atoms with van der Waals surface area (Å²) >= 11 is 0. The van der Waals surface area contributed by atoms with Crippen molar-refractivity contribution in [2.75, 3.05) is 26.4 Å². The van der Waals surface area contributed by atoms with Crippen LogP contribution in [-0.4, -0.2) is 43.1 Å². The summed E-state index contributed by atoms with van der Waals surface area (Å²) in [5.74, 6) is 0.382. The van der Waals surface area contributed by atoms with Crippen molar-refractivity contribution in [3.63, 3.8) is 0 Å². The average molecular weight is 230 g/mol. The fourth-order valence-corrected chi connectivity index (χ4v) is 2.38. The highest BCUT2D eigenvalue weighted by molar-refractivity contribution is 4.92. The highest BCUT2D eigenvalue weighted by Crippen LogP contribution is 2.26. The number of hydrogen-bond acceptors (Lipinski definition) is 4. The Morgan fingerprint density at radius 1 is 1.50 bits per heavy atom. The molecule has 0 aromatic carbocycles. The summed E-state index contributed by atoms with van der Waals surface area (Å²) in [6.45, 7) is 6.26. The Balaban J connectivity index is 2.47. The van der Waals surface area contributed by atoms with Gasteiger partial charge in [0.2, 0.25) is 0 Å². The van der Waals surface area contributed by atoms with Crippen LogP contribution >= 0.6 is 0 Å². The molecule has 1 rings (SSSR count). The van der Waals surface area contributed by atoms with Crippen molar-refractivity contribution < 1.29 is 9.84 Å². The third-order valence-electron chi connectivity index (χ3n) is 3.50. The van der Waals surface area contributed by atoms with Crippen LogP contribution in [0.2, 0.25) is 0 Å². The maximum atomic E-state index is 9.28. The van der Waals surface area contributed by atoms with Crippen LogP contribution in [0.4, 0.5) is 0 Å². The molecule has 0 saturated heterocycles. The zero-order valence-electron chi connectivity index (χ0n) is 10.5. The molecule has 1 aliphatic rings. The maximum Gasteiger partial charge on any atom is 0.0657 e. The number of hydrogen-bond donors (Lipinski definition) is 3. The predicted octanol–water partition coefficient (Wildman–Crippen LogP) is 0.491. The van der Waals surface area contributed by atoms with Crippen LogP contribution in [0.25, 0.3) is 0 Å². The Bertz CT molecular complexity index is 201. The Morgan fingerprint density at radius 2 is 2.25 bits per heavy atom. The van der Waals surface area contributed by atoms with Crippen molar-refractivity contribution >= 4 is 0 Å². The summed E-state index contributed by atoms with van der Waals surface area (Å²) in [6.07, 6.45) is 3.44. The van der Waals surface area contributed by atoms with Gasteiger partial charge in [0.1, 0.15) is 0 Å². The van der Waals surface area contributed by atoms with E-state index in [9.17, 15) is 5.11 Å². The summed E-state index contributed by atoms with van der Waals surface area (Å²) in [7, 11) is 0. The van der Waals surface area contributed by atoms with E-state index in [4.69, 9.17) is 10.5 Å². The summed E-state index contributed by atoms with van der Waals surface area (Å²) in [6, 6.07) is 0.388. The second-order valence-corrected chi connectivity index (χ2v) is 5.03. The number of aliphatic hydroxyl groups is 1. The van der Waals surface area contributed by atoms with Crippen molar-refractivity contribution in [2.24, 2.45) is 11.7 Å². The number of rotatable bonds is 7. The van der Waals surface area contributed by atoms with Crippen molar-refractivity contribution in [2.45, 2.75) is 44.7 Å². The van der Waals surface area contributed by atoms with Crippen molar-refractivity contribution in [1.29, 1.82) is 0 Å². The minimum atomic E-state index is -0.168. The molecule has 0 radical (unpaired) electrons. The zero-order chi connectivity index (χ0) is 12.0. The van der Waals surface area contributed by atoms with Crippen LogP contribution in [0.1, 0.15) is 33.1 Å². The summed E-state index contributed by atoms with van der Waals surface area (Å²) in [5, 5.41) is 12.8. The van der Waals surface area contributed by atoms with Gasteiger partial charge in [0.05, 0.1) is 12.1 Å². The van der Waals surface area contributed by atoms with Crippen molar-refractivity contribution in [3.05, 3.63) is 0 Å². The number of nitrogens with two attached hydrogens (primary N) is 1. The van der Waals surface area contributed by atoms with Gasteiger partial charge in [-0.3, -0.25) is 0 Å². The van der Waals surface area contributed by atoms with Gasteiger partial charge >= 0.3 is 0 Å². The molecule has 4 nitrogen and oxygen atoms in total. The molecule has 0 amide bonds. The highest BCUT2D eigenvalue weighted by atomic mass is 16.5. The Labute approximate surface area is 98.5 Å². The van der Waals surface area contributed by atoms with E-state index in [2.05, 4.69) is 12.2 Å². The first-order chi connectivity index (χ1) is 7.65. The van der Waals surface area contributed by atoms with E-state index in [1.807, 2.05) is 6.92 Å². The van der Waals surface area contributed by atoms with Crippen molar-refractivity contribution in [3.8, 4) is 0 Å². The predicted molar refractivity (Wildman–Crippen MR) is 65.3 cm³/mol. The van der Waals surface area contributed by atoms with E-state index in [-0.39, 0.29) is 12.1 Å². The molecule has 16 heavy (non-hydrogen) atoms. The van der Waals surface area contributed by atoms with Gasteiger partial charge in [0.25, 0.3) is 0 Å². The van der Waals surface area contributed by atoms with E-state index in [1.165, 1.54) is 6.42 Å². The lowest BCUT2D eigenvalue weighted by Gasteiger charge is -2.34. The Hall–Kier alpha value is -0.160. The molecule has 4 heteroatoms. The molecule has 0 aliphatic heterocycles. The largest absolute Gasteiger partial charge is 0.396 e. The third-order valence-corrected chi connectivity index (χ3v) is 3.50. The Morgan fingerprint density at radius 3 is 2.81 bits per heavy atom. The standard InChI is InChI=1S/C12H26N2O2/c1-3-16-9-12(2,8-13)14-11-6-4-5-10(11)7-15/h10-11,14-15H,3-9,13H2,1-2H3. The second-order valence-electron chi connectivity index (χ2n) is 5.03. The average Bonchev–Trinajstić information content (AvgIpc) is 2.73. The molecule has 3 atom stereocenters. The number of aliphatic hydroxyl groups excluding tert-OH is 1. The molecule has 1 saturated carbocycles. The van der Waals surface area contributed by atoms with Crippen LogP contribution in [0.3, 0.4) is 0 Å². The molecule has 0 spiro atoms. The first-order valence-corrected chi connectivity index (χ1v) is 6.31. The normalized spacial score (nSPS) is 29.2. The SMILES string of the molecule is CCOCC(C)(CN)NC1CCCC1CO. The zero-order valence-corrected chi connectivity index (χ0v) is 10.5. The highest BCUT2D eigenvalue weighted by Gasteiger charge is 2.33. The van der Waals surface area contributed by atoms with E-state index in [0.29, 0.717) is 31.7 Å². The molecule has 1 fully saturated rings. The van der Waals surface area contributed by atoms with Gasteiger partial charge in [-0.2, -0.15) is 0 Å². The summed E-state index contributed by atoms with van der Waals surface area (Å²) in [4.78, 5) is 0. The quantitative estimate of drug-likeness (QED) is 0.595. The van der Waals surface area contributed by atoms with E-state index in [1.54, 1.807) is 0 Å².